The Balaban J connectivity index is 1.74. The van der Waals surface area contributed by atoms with Crippen LogP contribution in [-0.4, -0.2) is 39.8 Å². The number of nitrogens with zero attached hydrogens (tertiary/aromatic N) is 3. The van der Waals surface area contributed by atoms with Gasteiger partial charge in [0.15, 0.2) is 0 Å². The van der Waals surface area contributed by atoms with Gasteiger partial charge in [-0.05, 0) is 42.9 Å². The predicted molar refractivity (Wildman–Crippen MR) is 88.1 cm³/mol. The van der Waals surface area contributed by atoms with Crippen molar-refractivity contribution < 1.29 is 14.2 Å². The SMILES string of the molecule is CC(C)Oc1nc2nc([C@@]34COC(CCO3)C4)cn2cc1I. The summed E-state index contributed by atoms with van der Waals surface area (Å²) in [5, 5.41) is 0. The van der Waals surface area contributed by atoms with Gasteiger partial charge in [0, 0.05) is 18.8 Å². The summed E-state index contributed by atoms with van der Waals surface area (Å²) in [6.07, 6.45) is 6.22. The molecule has 2 aromatic rings. The highest BCUT2D eigenvalue weighted by Gasteiger charge is 2.47. The van der Waals surface area contributed by atoms with E-state index in [-0.39, 0.29) is 6.10 Å². The van der Waals surface area contributed by atoms with E-state index in [0.29, 0.717) is 24.4 Å². The van der Waals surface area contributed by atoms with E-state index in [9.17, 15) is 0 Å². The number of rotatable bonds is 3. The van der Waals surface area contributed by atoms with Crippen molar-refractivity contribution in [2.75, 3.05) is 13.2 Å². The van der Waals surface area contributed by atoms with Crippen LogP contribution in [0.3, 0.4) is 0 Å². The first-order valence-electron chi connectivity index (χ1n) is 7.54. The highest BCUT2D eigenvalue weighted by atomic mass is 127. The van der Waals surface area contributed by atoms with E-state index < -0.39 is 5.60 Å². The van der Waals surface area contributed by atoms with Crippen LogP contribution in [0, 0.1) is 3.57 Å². The fraction of sp³-hybridized carbons (Fsp3) is 0.600. The Labute approximate surface area is 142 Å². The van der Waals surface area contributed by atoms with Crippen molar-refractivity contribution in [3.63, 3.8) is 0 Å². The van der Waals surface area contributed by atoms with Gasteiger partial charge in [-0.2, -0.15) is 4.98 Å². The van der Waals surface area contributed by atoms with Crippen molar-refractivity contribution in [2.45, 2.75) is 44.5 Å². The van der Waals surface area contributed by atoms with E-state index in [1.165, 1.54) is 0 Å². The van der Waals surface area contributed by atoms with E-state index in [0.717, 1.165) is 28.7 Å². The summed E-state index contributed by atoms with van der Waals surface area (Å²) in [4.78, 5) is 9.21. The number of hydrogen-bond donors (Lipinski definition) is 0. The summed E-state index contributed by atoms with van der Waals surface area (Å²) in [7, 11) is 0. The maximum absolute atomic E-state index is 6.04. The zero-order valence-corrected chi connectivity index (χ0v) is 14.7. The number of hydrogen-bond acceptors (Lipinski definition) is 5. The van der Waals surface area contributed by atoms with Crippen molar-refractivity contribution in [1.82, 2.24) is 14.4 Å². The third-order valence-electron chi connectivity index (χ3n) is 4.11. The third kappa shape index (κ3) is 2.39. The van der Waals surface area contributed by atoms with Crippen LogP contribution < -0.4 is 4.74 Å². The molecule has 2 saturated heterocycles. The van der Waals surface area contributed by atoms with Crippen molar-refractivity contribution in [3.05, 3.63) is 21.7 Å². The average Bonchev–Trinajstić information content (AvgIpc) is 3.01. The maximum Gasteiger partial charge on any atom is 0.237 e. The smallest absolute Gasteiger partial charge is 0.237 e. The second-order valence-corrected chi connectivity index (χ2v) is 7.32. The number of fused-ring (bicyclic) bond motifs is 3. The Morgan fingerprint density at radius 2 is 2.27 bits per heavy atom. The van der Waals surface area contributed by atoms with Gasteiger partial charge in [0.1, 0.15) is 5.60 Å². The van der Waals surface area contributed by atoms with E-state index in [1.807, 2.05) is 30.6 Å². The molecule has 0 radical (unpaired) electrons. The summed E-state index contributed by atoms with van der Waals surface area (Å²) in [6.45, 7) is 5.28. The molecule has 2 aliphatic rings. The Bertz CT molecular complexity index is 713. The molecule has 2 bridgehead atoms. The fourth-order valence-electron chi connectivity index (χ4n) is 3.07. The highest BCUT2D eigenvalue weighted by Crippen LogP contribution is 2.41. The topological polar surface area (TPSA) is 57.9 Å². The molecule has 0 spiro atoms. The molecule has 0 amide bonds. The molecule has 7 heteroatoms. The van der Waals surface area contributed by atoms with E-state index in [2.05, 4.69) is 32.6 Å². The van der Waals surface area contributed by atoms with Crippen LogP contribution in [0.25, 0.3) is 5.78 Å². The first-order chi connectivity index (χ1) is 10.6. The van der Waals surface area contributed by atoms with Crippen LogP contribution in [0.2, 0.25) is 0 Å². The molecule has 2 aromatic heterocycles. The van der Waals surface area contributed by atoms with Gasteiger partial charge in [-0.15, -0.1) is 0 Å². The first-order valence-corrected chi connectivity index (χ1v) is 8.61. The lowest BCUT2D eigenvalue weighted by Crippen LogP contribution is -2.34. The third-order valence-corrected chi connectivity index (χ3v) is 4.85. The summed E-state index contributed by atoms with van der Waals surface area (Å²) in [6, 6.07) is 0. The van der Waals surface area contributed by atoms with Crippen LogP contribution in [0.1, 0.15) is 32.4 Å². The Kier molecular flexibility index (Phi) is 3.54. The molecular weight excluding hydrogens is 397 g/mol. The second-order valence-electron chi connectivity index (χ2n) is 6.16. The Hall–Kier alpha value is -0.930. The number of imidazole rings is 1. The van der Waals surface area contributed by atoms with Crippen LogP contribution >= 0.6 is 22.6 Å². The predicted octanol–water partition coefficient (Wildman–Crippen LogP) is 2.53. The standard InChI is InChI=1S/C15H18IN3O3/c1-9(2)22-13-11(16)6-19-7-12(17-14(19)18-13)15-5-10(20-8-15)3-4-21-15/h6-7,9-10H,3-5,8H2,1-2H3/t10?,15-/m1/s1. The largest absolute Gasteiger partial charge is 0.474 e. The van der Waals surface area contributed by atoms with E-state index in [4.69, 9.17) is 14.2 Å². The highest BCUT2D eigenvalue weighted by molar-refractivity contribution is 14.1. The molecular formula is C15H18IN3O3. The van der Waals surface area contributed by atoms with Crippen LogP contribution in [0.5, 0.6) is 5.88 Å². The molecule has 0 aliphatic carbocycles. The normalized spacial score (nSPS) is 27.7. The minimum Gasteiger partial charge on any atom is -0.474 e. The van der Waals surface area contributed by atoms with Crippen LogP contribution in [0.15, 0.2) is 12.4 Å². The van der Waals surface area contributed by atoms with Gasteiger partial charge >= 0.3 is 0 Å². The van der Waals surface area contributed by atoms with Gasteiger partial charge in [0.2, 0.25) is 11.7 Å². The summed E-state index contributed by atoms with van der Waals surface area (Å²) >= 11 is 2.23. The van der Waals surface area contributed by atoms with Crippen molar-refractivity contribution in [3.8, 4) is 5.88 Å². The quantitative estimate of drug-likeness (QED) is 0.722. The van der Waals surface area contributed by atoms with Gasteiger partial charge in [-0.3, -0.25) is 4.40 Å². The zero-order chi connectivity index (χ0) is 15.3. The average molecular weight is 415 g/mol. The van der Waals surface area contributed by atoms with Gasteiger partial charge in [0.25, 0.3) is 0 Å². The lowest BCUT2D eigenvalue weighted by molar-refractivity contribution is -0.0597. The van der Waals surface area contributed by atoms with Crippen molar-refractivity contribution >= 4 is 28.4 Å². The monoisotopic (exact) mass is 415 g/mol. The molecule has 1 unspecified atom stereocenters. The maximum atomic E-state index is 6.04. The van der Waals surface area contributed by atoms with E-state index in [1.54, 1.807) is 0 Å². The lowest BCUT2D eigenvalue weighted by atomic mass is 9.93. The zero-order valence-electron chi connectivity index (χ0n) is 12.6. The molecule has 2 aliphatic heterocycles. The number of aromatic nitrogens is 3. The van der Waals surface area contributed by atoms with Gasteiger partial charge in [-0.1, -0.05) is 0 Å². The molecule has 4 rings (SSSR count). The molecule has 118 valence electrons. The van der Waals surface area contributed by atoms with Gasteiger partial charge in [0.05, 0.1) is 34.7 Å². The Morgan fingerprint density at radius 1 is 1.41 bits per heavy atom. The van der Waals surface area contributed by atoms with Gasteiger partial charge < -0.3 is 14.2 Å². The van der Waals surface area contributed by atoms with Crippen LogP contribution in [0.4, 0.5) is 0 Å². The Morgan fingerprint density at radius 3 is 3.09 bits per heavy atom. The summed E-state index contributed by atoms with van der Waals surface area (Å²) in [5.74, 6) is 1.26. The summed E-state index contributed by atoms with van der Waals surface area (Å²) in [5.41, 5.74) is 0.501. The molecule has 2 atom stereocenters. The number of ether oxygens (including phenoxy) is 3. The second kappa shape index (κ2) is 5.31. The fourth-order valence-corrected chi connectivity index (χ4v) is 3.62. The molecule has 0 aromatic carbocycles. The van der Waals surface area contributed by atoms with Crippen LogP contribution in [-0.2, 0) is 15.1 Å². The van der Waals surface area contributed by atoms with Crippen molar-refractivity contribution in [1.29, 1.82) is 0 Å². The van der Waals surface area contributed by atoms with Gasteiger partial charge in [-0.25, -0.2) is 4.98 Å². The molecule has 2 fully saturated rings. The minimum absolute atomic E-state index is 0.0853. The molecule has 4 heterocycles. The van der Waals surface area contributed by atoms with Crippen molar-refractivity contribution in [2.24, 2.45) is 0 Å². The molecule has 22 heavy (non-hydrogen) atoms. The molecule has 6 nitrogen and oxygen atoms in total. The summed E-state index contributed by atoms with van der Waals surface area (Å²) < 4.78 is 20.5. The lowest BCUT2D eigenvalue weighted by Gasteiger charge is -2.29. The molecule has 0 N–H and O–H groups in total. The minimum atomic E-state index is -0.402. The number of halogens is 1. The molecule has 0 saturated carbocycles. The first kappa shape index (κ1) is 14.6. The van der Waals surface area contributed by atoms with E-state index >= 15 is 0 Å².